The Kier molecular flexibility index (Phi) is 2.96. The van der Waals surface area contributed by atoms with Crippen molar-refractivity contribution in [2.45, 2.75) is 6.04 Å². The van der Waals surface area contributed by atoms with E-state index in [1.165, 1.54) is 0 Å². The molecule has 0 aromatic heterocycles. The number of likely N-dealkylation sites (N-methyl/N-ethyl adjacent to an activating group) is 1. The molecule has 1 atom stereocenters. The van der Waals surface area contributed by atoms with E-state index in [9.17, 15) is 4.79 Å². The molecule has 2 rings (SSSR count). The van der Waals surface area contributed by atoms with E-state index in [0.29, 0.717) is 30.3 Å². The van der Waals surface area contributed by atoms with E-state index < -0.39 is 12.0 Å². The third kappa shape index (κ3) is 1.94. The molecule has 0 bridgehead atoms. The van der Waals surface area contributed by atoms with Crippen molar-refractivity contribution in [3.05, 3.63) is 23.8 Å². The van der Waals surface area contributed by atoms with Crippen LogP contribution in [-0.2, 0) is 4.79 Å². The number of hydrogen-bond acceptors (Lipinski definition) is 4. The van der Waals surface area contributed by atoms with Gasteiger partial charge in [0.05, 0.1) is 0 Å². The van der Waals surface area contributed by atoms with Gasteiger partial charge in [0.1, 0.15) is 19.3 Å². The summed E-state index contributed by atoms with van der Waals surface area (Å²) < 4.78 is 10.8. The van der Waals surface area contributed by atoms with E-state index in [0.717, 1.165) is 0 Å². The number of carbonyl (C=O) groups is 1. The molecule has 1 aromatic rings. The SMILES string of the molecule is CNC(C(=O)O)c1ccc2c(c1)OCCO2. The van der Waals surface area contributed by atoms with E-state index in [2.05, 4.69) is 5.32 Å². The van der Waals surface area contributed by atoms with Crippen LogP contribution in [0.15, 0.2) is 18.2 Å². The summed E-state index contributed by atoms with van der Waals surface area (Å²) in [6.45, 7) is 1.02. The van der Waals surface area contributed by atoms with Gasteiger partial charge in [-0.25, -0.2) is 0 Å². The van der Waals surface area contributed by atoms with Crippen LogP contribution >= 0.6 is 0 Å². The topological polar surface area (TPSA) is 67.8 Å². The first kappa shape index (κ1) is 10.8. The van der Waals surface area contributed by atoms with Gasteiger partial charge in [0.2, 0.25) is 0 Å². The molecule has 2 N–H and O–H groups in total. The maximum atomic E-state index is 11.0. The summed E-state index contributed by atoms with van der Waals surface area (Å²) >= 11 is 0. The lowest BCUT2D eigenvalue weighted by Crippen LogP contribution is -2.25. The van der Waals surface area contributed by atoms with Crippen molar-refractivity contribution < 1.29 is 19.4 Å². The number of aliphatic carboxylic acids is 1. The minimum absolute atomic E-state index is 0.494. The van der Waals surface area contributed by atoms with Crippen molar-refractivity contribution in [2.24, 2.45) is 0 Å². The van der Waals surface area contributed by atoms with Crippen LogP contribution in [0.1, 0.15) is 11.6 Å². The molecular formula is C11H13NO4. The minimum atomic E-state index is -0.917. The van der Waals surface area contributed by atoms with Gasteiger partial charge in [-0.15, -0.1) is 0 Å². The summed E-state index contributed by atoms with van der Waals surface area (Å²) in [6, 6.07) is 4.43. The largest absolute Gasteiger partial charge is 0.486 e. The number of hydrogen-bond donors (Lipinski definition) is 2. The maximum Gasteiger partial charge on any atom is 0.325 e. The molecule has 1 unspecified atom stereocenters. The first-order valence-corrected chi connectivity index (χ1v) is 5.02. The standard InChI is InChI=1S/C11H13NO4/c1-12-10(11(13)14)7-2-3-8-9(6-7)16-5-4-15-8/h2-3,6,10,12H,4-5H2,1H3,(H,13,14). The van der Waals surface area contributed by atoms with Crippen LogP contribution < -0.4 is 14.8 Å². The van der Waals surface area contributed by atoms with E-state index >= 15 is 0 Å². The molecule has 0 aliphatic carbocycles. The molecule has 0 amide bonds. The fourth-order valence-electron chi connectivity index (χ4n) is 1.67. The molecule has 5 heteroatoms. The third-order valence-electron chi connectivity index (χ3n) is 2.44. The summed E-state index contributed by atoms with van der Waals surface area (Å²) in [5.74, 6) is 0.347. The smallest absolute Gasteiger partial charge is 0.325 e. The molecule has 1 aromatic carbocycles. The van der Waals surface area contributed by atoms with Gasteiger partial charge < -0.3 is 19.9 Å². The normalized spacial score (nSPS) is 15.6. The lowest BCUT2D eigenvalue weighted by atomic mass is 10.1. The molecular weight excluding hydrogens is 210 g/mol. The summed E-state index contributed by atoms with van der Waals surface area (Å²) in [4.78, 5) is 11.0. The number of fused-ring (bicyclic) bond motifs is 1. The highest BCUT2D eigenvalue weighted by Gasteiger charge is 2.20. The van der Waals surface area contributed by atoms with E-state index in [1.54, 1.807) is 25.2 Å². The van der Waals surface area contributed by atoms with E-state index in [4.69, 9.17) is 14.6 Å². The highest BCUT2D eigenvalue weighted by molar-refractivity contribution is 5.76. The van der Waals surface area contributed by atoms with Crippen LogP contribution in [0.25, 0.3) is 0 Å². The third-order valence-corrected chi connectivity index (χ3v) is 2.44. The lowest BCUT2D eigenvalue weighted by molar-refractivity contribution is -0.139. The molecule has 1 heterocycles. The number of carboxylic acid groups (broad SMARTS) is 1. The van der Waals surface area contributed by atoms with Gasteiger partial charge in [-0.05, 0) is 24.7 Å². The number of rotatable bonds is 3. The average Bonchev–Trinajstić information content (AvgIpc) is 2.29. The first-order valence-electron chi connectivity index (χ1n) is 5.02. The number of benzene rings is 1. The fourth-order valence-corrected chi connectivity index (χ4v) is 1.67. The molecule has 1 aliphatic rings. The Balaban J connectivity index is 2.32. The highest BCUT2D eigenvalue weighted by atomic mass is 16.6. The number of carboxylic acids is 1. The van der Waals surface area contributed by atoms with Gasteiger partial charge in [-0.3, -0.25) is 4.79 Å². The van der Waals surface area contributed by atoms with Gasteiger partial charge in [-0.1, -0.05) is 6.07 Å². The van der Waals surface area contributed by atoms with Crippen LogP contribution in [0.4, 0.5) is 0 Å². The van der Waals surface area contributed by atoms with Crippen molar-refractivity contribution in [1.82, 2.24) is 5.32 Å². The molecule has 0 saturated heterocycles. The minimum Gasteiger partial charge on any atom is -0.486 e. The van der Waals surface area contributed by atoms with Crippen molar-refractivity contribution in [3.8, 4) is 11.5 Å². The lowest BCUT2D eigenvalue weighted by Gasteiger charge is -2.20. The van der Waals surface area contributed by atoms with Crippen molar-refractivity contribution in [3.63, 3.8) is 0 Å². The Morgan fingerprint density at radius 2 is 2.06 bits per heavy atom. The molecule has 0 radical (unpaired) electrons. The Morgan fingerprint density at radius 3 is 2.69 bits per heavy atom. The van der Waals surface area contributed by atoms with Crippen molar-refractivity contribution >= 4 is 5.97 Å². The van der Waals surface area contributed by atoms with Crippen LogP contribution in [0.3, 0.4) is 0 Å². The second-order valence-corrected chi connectivity index (χ2v) is 3.46. The molecule has 1 aliphatic heterocycles. The van der Waals surface area contributed by atoms with E-state index in [-0.39, 0.29) is 0 Å². The molecule has 0 fully saturated rings. The number of ether oxygens (including phenoxy) is 2. The molecule has 86 valence electrons. The van der Waals surface area contributed by atoms with E-state index in [1.807, 2.05) is 0 Å². The Hall–Kier alpha value is -1.75. The van der Waals surface area contributed by atoms with Gasteiger partial charge in [0, 0.05) is 0 Å². The monoisotopic (exact) mass is 223 g/mol. The maximum absolute atomic E-state index is 11.0. The zero-order chi connectivity index (χ0) is 11.5. The Labute approximate surface area is 93.0 Å². The van der Waals surface area contributed by atoms with Crippen LogP contribution in [0.2, 0.25) is 0 Å². The average molecular weight is 223 g/mol. The predicted molar refractivity (Wildman–Crippen MR) is 56.9 cm³/mol. The summed E-state index contributed by atoms with van der Waals surface area (Å²) in [6.07, 6.45) is 0. The molecule has 16 heavy (non-hydrogen) atoms. The van der Waals surface area contributed by atoms with Crippen LogP contribution in [0, 0.1) is 0 Å². The zero-order valence-corrected chi connectivity index (χ0v) is 8.90. The predicted octanol–water partition coefficient (Wildman–Crippen LogP) is 0.803. The second-order valence-electron chi connectivity index (χ2n) is 3.46. The van der Waals surface area contributed by atoms with Crippen molar-refractivity contribution in [2.75, 3.05) is 20.3 Å². The summed E-state index contributed by atoms with van der Waals surface area (Å²) in [5.41, 5.74) is 0.652. The quantitative estimate of drug-likeness (QED) is 0.793. The Bertz CT molecular complexity index is 405. The summed E-state index contributed by atoms with van der Waals surface area (Å²) in [7, 11) is 1.61. The second kappa shape index (κ2) is 4.40. The van der Waals surface area contributed by atoms with Crippen LogP contribution in [0.5, 0.6) is 11.5 Å². The van der Waals surface area contributed by atoms with Gasteiger partial charge in [0.25, 0.3) is 0 Å². The van der Waals surface area contributed by atoms with Crippen molar-refractivity contribution in [1.29, 1.82) is 0 Å². The number of nitrogens with one attached hydrogen (secondary N) is 1. The van der Waals surface area contributed by atoms with Gasteiger partial charge in [-0.2, -0.15) is 0 Å². The fraction of sp³-hybridized carbons (Fsp3) is 0.364. The molecule has 0 spiro atoms. The molecule has 0 saturated carbocycles. The van der Waals surface area contributed by atoms with Crippen LogP contribution in [-0.4, -0.2) is 31.3 Å². The Morgan fingerprint density at radius 1 is 1.38 bits per heavy atom. The van der Waals surface area contributed by atoms with Gasteiger partial charge in [0.15, 0.2) is 11.5 Å². The van der Waals surface area contributed by atoms with Gasteiger partial charge >= 0.3 is 5.97 Å². The molecule has 5 nitrogen and oxygen atoms in total. The first-order chi connectivity index (χ1) is 7.72. The summed E-state index contributed by atoms with van der Waals surface area (Å²) in [5, 5.41) is 11.7. The highest BCUT2D eigenvalue weighted by Crippen LogP contribution is 2.32. The zero-order valence-electron chi connectivity index (χ0n) is 8.90.